The average molecular weight is 248 g/mol. The van der Waals surface area contributed by atoms with Crippen molar-refractivity contribution >= 4 is 0 Å². The Bertz CT molecular complexity index is 668. The maximum Gasteiger partial charge on any atom is 0.137 e. The molecule has 3 rings (SSSR count). The highest BCUT2D eigenvalue weighted by atomic mass is 14.9. The molecular weight excluding hydrogens is 232 g/mol. The summed E-state index contributed by atoms with van der Waals surface area (Å²) in [6, 6.07) is 18.6. The lowest BCUT2D eigenvalue weighted by molar-refractivity contribution is 1.14. The van der Waals surface area contributed by atoms with Gasteiger partial charge in [0.05, 0.1) is 11.9 Å². The molecule has 1 aromatic heterocycles. The molecule has 0 atom stereocenters. The van der Waals surface area contributed by atoms with E-state index in [1.54, 1.807) is 0 Å². The molecule has 19 heavy (non-hydrogen) atoms. The lowest BCUT2D eigenvalue weighted by Gasteiger charge is -2.04. The second-order valence-electron chi connectivity index (χ2n) is 4.52. The van der Waals surface area contributed by atoms with E-state index in [2.05, 4.69) is 53.3 Å². The van der Waals surface area contributed by atoms with Gasteiger partial charge in [-0.3, -0.25) is 0 Å². The first-order chi connectivity index (χ1) is 9.38. The zero-order valence-electron chi connectivity index (χ0n) is 10.9. The van der Waals surface area contributed by atoms with Crippen molar-refractivity contribution in [1.29, 1.82) is 0 Å². The second kappa shape index (κ2) is 5.11. The molecule has 0 saturated heterocycles. The predicted octanol–water partition coefficient (Wildman–Crippen LogP) is 4.31. The SMILES string of the molecule is CCc1ccccc1-c1cnc(-c2ccccc2)[nH]1. The first-order valence-electron chi connectivity index (χ1n) is 6.57. The fourth-order valence-electron chi connectivity index (χ4n) is 2.29. The molecule has 94 valence electrons. The first kappa shape index (κ1) is 11.7. The summed E-state index contributed by atoms with van der Waals surface area (Å²) in [4.78, 5) is 7.89. The first-order valence-corrected chi connectivity index (χ1v) is 6.57. The van der Waals surface area contributed by atoms with E-state index in [1.807, 2.05) is 24.4 Å². The molecule has 0 bridgehead atoms. The van der Waals surface area contributed by atoms with Gasteiger partial charge in [0.2, 0.25) is 0 Å². The molecule has 0 spiro atoms. The van der Waals surface area contributed by atoms with Crippen molar-refractivity contribution in [2.75, 3.05) is 0 Å². The molecule has 1 N–H and O–H groups in total. The Balaban J connectivity index is 2.02. The van der Waals surface area contributed by atoms with Crippen molar-refractivity contribution in [3.8, 4) is 22.6 Å². The third-order valence-electron chi connectivity index (χ3n) is 3.31. The topological polar surface area (TPSA) is 28.7 Å². The quantitative estimate of drug-likeness (QED) is 0.735. The molecule has 3 aromatic rings. The van der Waals surface area contributed by atoms with Crippen LogP contribution in [0.4, 0.5) is 0 Å². The van der Waals surface area contributed by atoms with E-state index in [-0.39, 0.29) is 0 Å². The third kappa shape index (κ3) is 2.29. The van der Waals surface area contributed by atoms with Crippen molar-refractivity contribution in [2.24, 2.45) is 0 Å². The molecule has 0 aliphatic carbocycles. The van der Waals surface area contributed by atoms with Crippen LogP contribution in [0.2, 0.25) is 0 Å². The van der Waals surface area contributed by atoms with Crippen LogP contribution in [0.5, 0.6) is 0 Å². The Kier molecular flexibility index (Phi) is 3.15. The molecule has 0 aliphatic rings. The van der Waals surface area contributed by atoms with Crippen molar-refractivity contribution in [2.45, 2.75) is 13.3 Å². The minimum absolute atomic E-state index is 0.918. The van der Waals surface area contributed by atoms with Crippen molar-refractivity contribution < 1.29 is 0 Å². The highest BCUT2D eigenvalue weighted by molar-refractivity contribution is 5.67. The molecule has 2 nitrogen and oxygen atoms in total. The van der Waals surface area contributed by atoms with E-state index in [4.69, 9.17) is 0 Å². The number of aryl methyl sites for hydroxylation is 1. The molecule has 0 unspecified atom stereocenters. The Morgan fingerprint density at radius 3 is 2.47 bits per heavy atom. The standard InChI is InChI=1S/C17H16N2/c1-2-13-8-6-7-11-15(13)16-12-18-17(19-16)14-9-4-3-5-10-14/h3-12H,2H2,1H3,(H,18,19). The smallest absolute Gasteiger partial charge is 0.137 e. The number of aromatic nitrogens is 2. The molecule has 0 fully saturated rings. The summed E-state index contributed by atoms with van der Waals surface area (Å²) >= 11 is 0. The van der Waals surface area contributed by atoms with Gasteiger partial charge in [-0.25, -0.2) is 4.98 Å². The maximum absolute atomic E-state index is 4.48. The van der Waals surface area contributed by atoms with Crippen LogP contribution in [0.25, 0.3) is 22.6 Å². The number of benzene rings is 2. The predicted molar refractivity (Wildman–Crippen MR) is 78.8 cm³/mol. The normalized spacial score (nSPS) is 10.6. The highest BCUT2D eigenvalue weighted by Gasteiger charge is 2.07. The summed E-state index contributed by atoms with van der Waals surface area (Å²) in [6.45, 7) is 2.17. The number of aromatic amines is 1. The van der Waals surface area contributed by atoms with E-state index < -0.39 is 0 Å². The van der Waals surface area contributed by atoms with Crippen LogP contribution in [-0.2, 0) is 6.42 Å². The van der Waals surface area contributed by atoms with E-state index in [0.29, 0.717) is 0 Å². The summed E-state index contributed by atoms with van der Waals surface area (Å²) in [5.41, 5.74) is 4.77. The number of hydrogen-bond donors (Lipinski definition) is 1. The number of rotatable bonds is 3. The van der Waals surface area contributed by atoms with E-state index >= 15 is 0 Å². The number of hydrogen-bond acceptors (Lipinski definition) is 1. The number of nitrogens with zero attached hydrogens (tertiary/aromatic N) is 1. The lowest BCUT2D eigenvalue weighted by atomic mass is 10.0. The molecule has 2 aromatic carbocycles. The molecular formula is C17H16N2. The van der Waals surface area contributed by atoms with E-state index in [9.17, 15) is 0 Å². The van der Waals surface area contributed by atoms with E-state index in [0.717, 1.165) is 23.5 Å². The van der Waals surface area contributed by atoms with Crippen molar-refractivity contribution in [1.82, 2.24) is 9.97 Å². The molecule has 1 heterocycles. The largest absolute Gasteiger partial charge is 0.338 e. The Morgan fingerprint density at radius 2 is 1.68 bits per heavy atom. The Morgan fingerprint density at radius 1 is 0.947 bits per heavy atom. The molecule has 0 aliphatic heterocycles. The van der Waals surface area contributed by atoms with Crippen molar-refractivity contribution in [3.63, 3.8) is 0 Å². The summed E-state index contributed by atoms with van der Waals surface area (Å²) in [5, 5.41) is 0. The molecule has 2 heteroatoms. The van der Waals surface area contributed by atoms with Crippen LogP contribution in [0.1, 0.15) is 12.5 Å². The summed E-state index contributed by atoms with van der Waals surface area (Å²) in [6.07, 6.45) is 2.94. The van der Waals surface area contributed by atoms with Crippen molar-refractivity contribution in [3.05, 3.63) is 66.4 Å². The van der Waals surface area contributed by atoms with Gasteiger partial charge in [0.1, 0.15) is 5.82 Å². The van der Waals surface area contributed by atoms with Crippen LogP contribution >= 0.6 is 0 Å². The zero-order chi connectivity index (χ0) is 13.1. The monoisotopic (exact) mass is 248 g/mol. The van der Waals surface area contributed by atoms with Gasteiger partial charge in [0.15, 0.2) is 0 Å². The fourth-order valence-corrected chi connectivity index (χ4v) is 2.29. The van der Waals surface area contributed by atoms with Crippen LogP contribution in [-0.4, -0.2) is 9.97 Å². The van der Waals surface area contributed by atoms with Gasteiger partial charge >= 0.3 is 0 Å². The van der Waals surface area contributed by atoms with Crippen LogP contribution in [0, 0.1) is 0 Å². The minimum atomic E-state index is 0.918. The molecule has 0 amide bonds. The summed E-state index contributed by atoms with van der Waals surface area (Å²) in [7, 11) is 0. The van der Waals surface area contributed by atoms with E-state index in [1.165, 1.54) is 11.1 Å². The van der Waals surface area contributed by atoms with Gasteiger partial charge in [0, 0.05) is 11.1 Å². The lowest BCUT2D eigenvalue weighted by Crippen LogP contribution is -1.87. The van der Waals surface area contributed by atoms with Gasteiger partial charge in [0.25, 0.3) is 0 Å². The van der Waals surface area contributed by atoms with Gasteiger partial charge in [-0.05, 0) is 12.0 Å². The van der Waals surface area contributed by atoms with Gasteiger partial charge < -0.3 is 4.98 Å². The number of imidazole rings is 1. The third-order valence-corrected chi connectivity index (χ3v) is 3.31. The molecule has 0 radical (unpaired) electrons. The second-order valence-corrected chi connectivity index (χ2v) is 4.52. The van der Waals surface area contributed by atoms with Gasteiger partial charge in [-0.2, -0.15) is 0 Å². The zero-order valence-corrected chi connectivity index (χ0v) is 10.9. The summed E-state index contributed by atoms with van der Waals surface area (Å²) in [5.74, 6) is 0.918. The molecule has 0 saturated carbocycles. The van der Waals surface area contributed by atoms with Crippen LogP contribution in [0.15, 0.2) is 60.8 Å². The minimum Gasteiger partial charge on any atom is -0.338 e. The van der Waals surface area contributed by atoms with Gasteiger partial charge in [-0.15, -0.1) is 0 Å². The Labute approximate surface area is 113 Å². The fraction of sp³-hybridized carbons (Fsp3) is 0.118. The number of nitrogens with one attached hydrogen (secondary N) is 1. The van der Waals surface area contributed by atoms with Crippen LogP contribution < -0.4 is 0 Å². The number of H-pyrrole nitrogens is 1. The maximum atomic E-state index is 4.48. The summed E-state index contributed by atoms with van der Waals surface area (Å²) < 4.78 is 0. The Hall–Kier alpha value is -2.35. The average Bonchev–Trinajstić information content (AvgIpc) is 2.98. The highest BCUT2D eigenvalue weighted by Crippen LogP contribution is 2.25. The van der Waals surface area contributed by atoms with Gasteiger partial charge in [-0.1, -0.05) is 61.5 Å². The van der Waals surface area contributed by atoms with Crippen LogP contribution in [0.3, 0.4) is 0 Å².